The average Bonchev–Trinajstić information content (AvgIpc) is 2.59. The molecule has 0 atom stereocenters. The fraction of sp³-hybridized carbons (Fsp3) is 0.375. The molecular weight excluding hydrogens is 380 g/mol. The van der Waals surface area contributed by atoms with Crippen molar-refractivity contribution in [1.29, 1.82) is 0 Å². The lowest BCUT2D eigenvalue weighted by molar-refractivity contribution is 0.0960. The first kappa shape index (κ1) is 20.1. The number of hydrogen-bond donors (Lipinski definition) is 1. The maximum absolute atomic E-state index is 12.5. The van der Waals surface area contributed by atoms with Crippen LogP contribution in [0.5, 0.6) is 11.5 Å². The molecule has 1 heterocycles. The fourth-order valence-electron chi connectivity index (χ4n) is 2.27. The number of nitrogens with one attached hydrogen (secondary N) is 1. The van der Waals surface area contributed by atoms with E-state index in [1.807, 2.05) is 0 Å². The molecule has 26 heavy (non-hydrogen) atoms. The quantitative estimate of drug-likeness (QED) is 0.741. The maximum Gasteiger partial charge on any atom is 0.261 e. The van der Waals surface area contributed by atoms with E-state index < -0.39 is 15.9 Å². The molecule has 0 aliphatic rings. The lowest BCUT2D eigenvalue weighted by Crippen LogP contribution is -2.33. The minimum atomic E-state index is -3.41. The van der Waals surface area contributed by atoms with Crippen molar-refractivity contribution in [1.82, 2.24) is 9.62 Å². The van der Waals surface area contributed by atoms with Crippen molar-refractivity contribution in [3.05, 3.63) is 32.6 Å². The fourth-order valence-corrected chi connectivity index (χ4v) is 3.86. The van der Waals surface area contributed by atoms with E-state index in [1.165, 1.54) is 28.3 Å². The molecule has 1 N–H and O–H groups in total. The van der Waals surface area contributed by atoms with Gasteiger partial charge in [0.2, 0.25) is 14.8 Å². The van der Waals surface area contributed by atoms with Gasteiger partial charge in [-0.1, -0.05) is 17.4 Å². The number of benzene rings is 1. The molecule has 0 aliphatic heterocycles. The number of carbonyl (C=O) groups is 1. The number of amides is 1. The third-order valence-corrected chi connectivity index (χ3v) is 6.44. The minimum absolute atomic E-state index is 0.0514. The SMILES string of the molecule is COc1ccc2cc(C(=O)NCCS(=O)(=O)N(C)C)sc(=O)c2c1OC. The van der Waals surface area contributed by atoms with Crippen LogP contribution in [-0.2, 0) is 10.0 Å². The van der Waals surface area contributed by atoms with Gasteiger partial charge in [-0.05, 0) is 17.5 Å². The highest BCUT2D eigenvalue weighted by molar-refractivity contribution is 7.89. The summed E-state index contributed by atoms with van der Waals surface area (Å²) in [7, 11) is 2.35. The Morgan fingerprint density at radius 3 is 2.50 bits per heavy atom. The Morgan fingerprint density at radius 1 is 1.23 bits per heavy atom. The molecule has 1 amide bonds. The highest BCUT2D eigenvalue weighted by atomic mass is 32.2. The Kier molecular flexibility index (Phi) is 6.21. The lowest BCUT2D eigenvalue weighted by atomic mass is 10.1. The summed E-state index contributed by atoms with van der Waals surface area (Å²) in [5, 5.41) is 3.40. The number of methoxy groups -OCH3 is 2. The third kappa shape index (κ3) is 4.14. The summed E-state index contributed by atoms with van der Waals surface area (Å²) in [6.45, 7) is -0.0514. The van der Waals surface area contributed by atoms with Gasteiger partial charge in [0.05, 0.1) is 30.2 Å². The minimum Gasteiger partial charge on any atom is -0.493 e. The Morgan fingerprint density at radius 2 is 1.92 bits per heavy atom. The maximum atomic E-state index is 12.5. The second kappa shape index (κ2) is 8.02. The number of fused-ring (bicyclic) bond motifs is 1. The van der Waals surface area contributed by atoms with Crippen LogP contribution in [0.1, 0.15) is 9.67 Å². The van der Waals surface area contributed by atoms with Gasteiger partial charge in [0.1, 0.15) is 0 Å². The number of nitrogens with zero attached hydrogens (tertiary/aromatic N) is 1. The number of hydrogen-bond acceptors (Lipinski definition) is 7. The molecule has 2 aromatic rings. The van der Waals surface area contributed by atoms with E-state index in [0.29, 0.717) is 22.3 Å². The average molecular weight is 400 g/mol. The van der Waals surface area contributed by atoms with Crippen molar-refractivity contribution in [3.63, 3.8) is 0 Å². The highest BCUT2D eigenvalue weighted by Gasteiger charge is 2.18. The molecule has 8 nitrogen and oxygen atoms in total. The Balaban J connectivity index is 2.29. The van der Waals surface area contributed by atoms with Crippen LogP contribution in [0, 0.1) is 0 Å². The standard InChI is InChI=1S/C16H20N2O6S2/c1-18(2)26(21,22)8-7-17-15(19)12-9-10-5-6-11(23-3)14(24-4)13(10)16(20)25-12/h5-6,9H,7-8H2,1-4H3,(H,17,19). The van der Waals surface area contributed by atoms with Gasteiger partial charge in [-0.15, -0.1) is 0 Å². The van der Waals surface area contributed by atoms with E-state index in [2.05, 4.69) is 5.32 Å². The van der Waals surface area contributed by atoms with Crippen molar-refractivity contribution >= 4 is 38.0 Å². The first-order chi connectivity index (χ1) is 12.2. The van der Waals surface area contributed by atoms with E-state index in [-0.39, 0.29) is 21.9 Å². The first-order valence-corrected chi connectivity index (χ1v) is 10.0. The molecule has 0 saturated carbocycles. The molecule has 0 saturated heterocycles. The summed E-state index contributed by atoms with van der Waals surface area (Å²) in [6.07, 6.45) is 0. The van der Waals surface area contributed by atoms with Crippen molar-refractivity contribution in [2.75, 3.05) is 40.6 Å². The predicted molar refractivity (Wildman–Crippen MR) is 101 cm³/mol. The largest absolute Gasteiger partial charge is 0.493 e. The van der Waals surface area contributed by atoms with Gasteiger partial charge in [0, 0.05) is 20.6 Å². The number of sulfonamides is 1. The first-order valence-electron chi connectivity index (χ1n) is 7.58. The molecule has 0 radical (unpaired) electrons. The topological polar surface area (TPSA) is 102 Å². The van der Waals surface area contributed by atoms with Crippen LogP contribution in [-0.4, -0.2) is 59.2 Å². The summed E-state index contributed by atoms with van der Waals surface area (Å²) >= 11 is 0.765. The Bertz CT molecular complexity index is 982. The molecular formula is C16H20N2O6S2. The van der Waals surface area contributed by atoms with Crippen LogP contribution in [0.2, 0.25) is 0 Å². The zero-order valence-corrected chi connectivity index (χ0v) is 16.5. The van der Waals surface area contributed by atoms with Crippen molar-refractivity contribution < 1.29 is 22.7 Å². The predicted octanol–water partition coefficient (Wildman–Crippen LogP) is 0.900. The van der Waals surface area contributed by atoms with Gasteiger partial charge in [-0.2, -0.15) is 0 Å². The van der Waals surface area contributed by atoms with E-state index in [1.54, 1.807) is 18.2 Å². The van der Waals surface area contributed by atoms with Gasteiger partial charge in [-0.25, -0.2) is 12.7 Å². The zero-order chi connectivity index (χ0) is 19.5. The normalized spacial score (nSPS) is 11.6. The molecule has 2 rings (SSSR count). The monoisotopic (exact) mass is 400 g/mol. The lowest BCUT2D eigenvalue weighted by Gasteiger charge is -2.12. The summed E-state index contributed by atoms with van der Waals surface area (Å²) in [5.74, 6) is 0.0163. The van der Waals surface area contributed by atoms with E-state index >= 15 is 0 Å². The molecule has 1 aromatic carbocycles. The summed E-state index contributed by atoms with van der Waals surface area (Å²) in [4.78, 5) is 24.9. The Labute approximate surface area is 155 Å². The van der Waals surface area contributed by atoms with Crippen LogP contribution in [0.25, 0.3) is 10.8 Å². The molecule has 0 spiro atoms. The van der Waals surface area contributed by atoms with Crippen LogP contribution in [0.15, 0.2) is 23.0 Å². The molecule has 1 aromatic heterocycles. The van der Waals surface area contributed by atoms with Crippen molar-refractivity contribution in [2.24, 2.45) is 0 Å². The molecule has 142 valence electrons. The van der Waals surface area contributed by atoms with Gasteiger partial charge >= 0.3 is 0 Å². The summed E-state index contributed by atoms with van der Waals surface area (Å²) in [5.41, 5.74) is 0. The van der Waals surface area contributed by atoms with Gasteiger partial charge in [-0.3, -0.25) is 9.59 Å². The van der Waals surface area contributed by atoms with E-state index in [4.69, 9.17) is 9.47 Å². The van der Waals surface area contributed by atoms with Crippen molar-refractivity contribution in [2.45, 2.75) is 0 Å². The van der Waals surface area contributed by atoms with E-state index in [9.17, 15) is 18.0 Å². The highest BCUT2D eigenvalue weighted by Crippen LogP contribution is 2.34. The second-order valence-corrected chi connectivity index (χ2v) is 8.83. The van der Waals surface area contributed by atoms with Crippen LogP contribution in [0.4, 0.5) is 0 Å². The Hall–Kier alpha value is -2.17. The van der Waals surface area contributed by atoms with Gasteiger partial charge in [0.15, 0.2) is 11.5 Å². The molecule has 10 heteroatoms. The van der Waals surface area contributed by atoms with Crippen LogP contribution >= 0.6 is 11.3 Å². The van der Waals surface area contributed by atoms with E-state index in [0.717, 1.165) is 15.6 Å². The number of ether oxygens (including phenoxy) is 2. The molecule has 0 unspecified atom stereocenters. The molecule has 0 fully saturated rings. The van der Waals surface area contributed by atoms with Gasteiger partial charge < -0.3 is 14.8 Å². The van der Waals surface area contributed by atoms with Crippen LogP contribution < -0.4 is 19.5 Å². The smallest absolute Gasteiger partial charge is 0.261 e. The molecule has 0 bridgehead atoms. The summed E-state index contributed by atoms with van der Waals surface area (Å²) < 4.78 is 34.6. The third-order valence-electron chi connectivity index (χ3n) is 3.70. The zero-order valence-electron chi connectivity index (χ0n) is 14.9. The number of rotatable bonds is 7. The van der Waals surface area contributed by atoms with Crippen molar-refractivity contribution in [3.8, 4) is 11.5 Å². The molecule has 0 aliphatic carbocycles. The summed E-state index contributed by atoms with van der Waals surface area (Å²) in [6, 6.07) is 4.88. The second-order valence-electron chi connectivity index (χ2n) is 5.52. The number of carbonyl (C=O) groups excluding carboxylic acids is 1. The van der Waals surface area contributed by atoms with Crippen LogP contribution in [0.3, 0.4) is 0 Å². The van der Waals surface area contributed by atoms with Gasteiger partial charge in [0.25, 0.3) is 5.91 Å².